The number of benzene rings is 1. The monoisotopic (exact) mass is 411 g/mol. The molecule has 0 aliphatic carbocycles. The van der Waals surface area contributed by atoms with Crippen LogP contribution in [0.25, 0.3) is 0 Å². The second-order valence-electron chi connectivity index (χ2n) is 5.95. The van der Waals surface area contributed by atoms with Gasteiger partial charge in [-0.1, -0.05) is 48.8 Å². The van der Waals surface area contributed by atoms with Gasteiger partial charge in [0.1, 0.15) is 11.6 Å². The highest BCUT2D eigenvalue weighted by Gasteiger charge is 2.22. The zero-order valence-corrected chi connectivity index (χ0v) is 15.8. The average Bonchev–Trinajstić information content (AvgIpc) is 2.42. The first kappa shape index (κ1) is 16.4. The Morgan fingerprint density at radius 2 is 1.67 bits per heavy atom. The molecule has 3 nitrogen and oxygen atoms in total. The van der Waals surface area contributed by atoms with Crippen molar-refractivity contribution >= 4 is 37.7 Å². The van der Waals surface area contributed by atoms with Gasteiger partial charge in [-0.25, -0.2) is 9.97 Å². The summed E-state index contributed by atoms with van der Waals surface area (Å²) in [6, 6.07) is 8.26. The summed E-state index contributed by atoms with van der Waals surface area (Å²) in [5.74, 6) is 1.66. The standard InChI is InChI=1S/C16H19Br2N3/c1-16(2,3)14-13(18)15(19-4)21-12(20-14)9-10-5-7-11(17)8-6-10/h5-8H,9H2,1-4H3,(H,19,20,21). The Balaban J connectivity index is 2.42. The van der Waals surface area contributed by atoms with E-state index in [0.717, 1.165) is 32.7 Å². The number of rotatable bonds is 3. The summed E-state index contributed by atoms with van der Waals surface area (Å²) < 4.78 is 2.02. The Kier molecular flexibility index (Phi) is 5.04. The third-order valence-corrected chi connectivity index (χ3v) is 4.40. The Labute approximate surface area is 142 Å². The number of hydrogen-bond donors (Lipinski definition) is 1. The molecule has 112 valence electrons. The molecule has 2 rings (SSSR count). The van der Waals surface area contributed by atoms with Crippen molar-refractivity contribution in [2.45, 2.75) is 32.6 Å². The zero-order chi connectivity index (χ0) is 15.6. The highest BCUT2D eigenvalue weighted by molar-refractivity contribution is 9.11. The molecule has 0 spiro atoms. The fourth-order valence-corrected chi connectivity index (χ4v) is 3.25. The molecule has 0 atom stereocenters. The van der Waals surface area contributed by atoms with Crippen LogP contribution in [0.4, 0.5) is 5.82 Å². The van der Waals surface area contributed by atoms with Crippen LogP contribution in [0.5, 0.6) is 0 Å². The van der Waals surface area contributed by atoms with Gasteiger partial charge in [0.25, 0.3) is 0 Å². The fraction of sp³-hybridized carbons (Fsp3) is 0.375. The molecule has 0 aliphatic rings. The highest BCUT2D eigenvalue weighted by atomic mass is 79.9. The predicted octanol–water partition coefficient (Wildman–Crippen LogP) is 4.93. The second kappa shape index (κ2) is 6.44. The summed E-state index contributed by atoms with van der Waals surface area (Å²) in [6.45, 7) is 6.47. The normalized spacial score (nSPS) is 11.5. The molecule has 0 amide bonds. The molecule has 1 aromatic heterocycles. The van der Waals surface area contributed by atoms with Crippen LogP contribution in [0.15, 0.2) is 33.2 Å². The van der Waals surface area contributed by atoms with E-state index in [1.807, 2.05) is 19.2 Å². The van der Waals surface area contributed by atoms with Crippen LogP contribution in [-0.2, 0) is 11.8 Å². The number of nitrogens with one attached hydrogen (secondary N) is 1. The maximum absolute atomic E-state index is 4.76. The quantitative estimate of drug-likeness (QED) is 0.776. The molecule has 1 N–H and O–H groups in total. The summed E-state index contributed by atoms with van der Waals surface area (Å²) >= 11 is 7.07. The van der Waals surface area contributed by atoms with Gasteiger partial charge in [-0.3, -0.25) is 0 Å². The molecule has 2 aromatic rings. The van der Waals surface area contributed by atoms with Crippen LogP contribution in [0.2, 0.25) is 0 Å². The van der Waals surface area contributed by atoms with E-state index < -0.39 is 0 Å². The van der Waals surface area contributed by atoms with Crippen LogP contribution in [0.1, 0.15) is 37.9 Å². The van der Waals surface area contributed by atoms with E-state index in [1.165, 1.54) is 5.56 Å². The molecule has 1 heterocycles. The van der Waals surface area contributed by atoms with Crippen LogP contribution in [0, 0.1) is 0 Å². The second-order valence-corrected chi connectivity index (χ2v) is 7.66. The molecule has 0 bridgehead atoms. The van der Waals surface area contributed by atoms with E-state index >= 15 is 0 Å². The predicted molar refractivity (Wildman–Crippen MR) is 94.9 cm³/mol. The average molecular weight is 413 g/mol. The first-order valence-corrected chi connectivity index (χ1v) is 8.39. The first-order chi connectivity index (χ1) is 9.81. The van der Waals surface area contributed by atoms with E-state index in [0.29, 0.717) is 0 Å². The van der Waals surface area contributed by atoms with Crippen molar-refractivity contribution in [2.75, 3.05) is 12.4 Å². The van der Waals surface area contributed by atoms with Crippen LogP contribution in [-0.4, -0.2) is 17.0 Å². The number of nitrogens with zero attached hydrogens (tertiary/aromatic N) is 2. The van der Waals surface area contributed by atoms with Crippen LogP contribution in [0.3, 0.4) is 0 Å². The van der Waals surface area contributed by atoms with Crippen molar-refractivity contribution in [3.05, 3.63) is 50.3 Å². The van der Waals surface area contributed by atoms with Gasteiger partial charge in [0.05, 0.1) is 10.2 Å². The zero-order valence-electron chi connectivity index (χ0n) is 12.7. The van der Waals surface area contributed by atoms with Crippen molar-refractivity contribution in [3.63, 3.8) is 0 Å². The lowest BCUT2D eigenvalue weighted by Crippen LogP contribution is -2.18. The Morgan fingerprint density at radius 3 is 2.19 bits per heavy atom. The lowest BCUT2D eigenvalue weighted by molar-refractivity contribution is 0.559. The van der Waals surface area contributed by atoms with Gasteiger partial charge in [-0.15, -0.1) is 0 Å². The van der Waals surface area contributed by atoms with Crippen molar-refractivity contribution in [3.8, 4) is 0 Å². The highest BCUT2D eigenvalue weighted by Crippen LogP contribution is 2.32. The van der Waals surface area contributed by atoms with E-state index in [-0.39, 0.29) is 5.41 Å². The van der Waals surface area contributed by atoms with Gasteiger partial charge in [0, 0.05) is 23.4 Å². The number of aromatic nitrogens is 2. The third kappa shape index (κ3) is 4.04. The van der Waals surface area contributed by atoms with E-state index in [1.54, 1.807) is 0 Å². The topological polar surface area (TPSA) is 37.8 Å². The summed E-state index contributed by atoms with van der Waals surface area (Å²) in [5, 5.41) is 3.14. The van der Waals surface area contributed by atoms with Crippen LogP contribution < -0.4 is 5.32 Å². The molecule has 5 heteroatoms. The largest absolute Gasteiger partial charge is 0.372 e. The van der Waals surface area contributed by atoms with Gasteiger partial charge >= 0.3 is 0 Å². The summed E-state index contributed by atoms with van der Waals surface area (Å²) in [6.07, 6.45) is 0.721. The Morgan fingerprint density at radius 1 is 1.05 bits per heavy atom. The molecule has 21 heavy (non-hydrogen) atoms. The molecule has 0 radical (unpaired) electrons. The number of hydrogen-bond acceptors (Lipinski definition) is 3. The van der Waals surface area contributed by atoms with Gasteiger partial charge in [-0.2, -0.15) is 0 Å². The fourth-order valence-electron chi connectivity index (χ4n) is 2.02. The summed E-state index contributed by atoms with van der Waals surface area (Å²) in [7, 11) is 1.88. The minimum Gasteiger partial charge on any atom is -0.372 e. The molecule has 0 saturated carbocycles. The molecule has 0 aliphatic heterocycles. The summed E-state index contributed by atoms with van der Waals surface area (Å²) in [4.78, 5) is 9.36. The molecule has 1 aromatic carbocycles. The maximum Gasteiger partial charge on any atom is 0.144 e. The molecular formula is C16H19Br2N3. The van der Waals surface area contributed by atoms with Crippen molar-refractivity contribution in [2.24, 2.45) is 0 Å². The van der Waals surface area contributed by atoms with E-state index in [4.69, 9.17) is 4.98 Å². The molecule has 0 saturated heterocycles. The summed E-state index contributed by atoms with van der Waals surface area (Å²) in [5.41, 5.74) is 2.18. The third-order valence-electron chi connectivity index (χ3n) is 3.12. The smallest absolute Gasteiger partial charge is 0.144 e. The lowest BCUT2D eigenvalue weighted by Gasteiger charge is -2.21. The Bertz CT molecular complexity index is 631. The van der Waals surface area contributed by atoms with Crippen molar-refractivity contribution < 1.29 is 0 Å². The SMILES string of the molecule is CNc1nc(Cc2ccc(Br)cc2)nc(C(C)(C)C)c1Br. The molecule has 0 fully saturated rings. The Hall–Kier alpha value is -0.940. The first-order valence-electron chi connectivity index (χ1n) is 6.80. The molecule has 0 unspecified atom stereocenters. The van der Waals surface area contributed by atoms with Crippen LogP contribution >= 0.6 is 31.9 Å². The van der Waals surface area contributed by atoms with Gasteiger partial charge in [-0.05, 0) is 33.6 Å². The minimum absolute atomic E-state index is 0.0398. The number of halogens is 2. The minimum atomic E-state index is -0.0398. The van der Waals surface area contributed by atoms with Crippen molar-refractivity contribution in [1.29, 1.82) is 0 Å². The van der Waals surface area contributed by atoms with E-state index in [2.05, 4.69) is 75.1 Å². The number of anilines is 1. The van der Waals surface area contributed by atoms with Gasteiger partial charge < -0.3 is 5.32 Å². The van der Waals surface area contributed by atoms with Gasteiger partial charge in [0.2, 0.25) is 0 Å². The molecular weight excluding hydrogens is 394 g/mol. The van der Waals surface area contributed by atoms with E-state index in [9.17, 15) is 0 Å². The van der Waals surface area contributed by atoms with Crippen molar-refractivity contribution in [1.82, 2.24) is 9.97 Å². The maximum atomic E-state index is 4.76. The lowest BCUT2D eigenvalue weighted by atomic mass is 9.91. The van der Waals surface area contributed by atoms with Gasteiger partial charge in [0.15, 0.2) is 0 Å².